The van der Waals surface area contributed by atoms with Gasteiger partial charge in [-0.2, -0.15) is 10.2 Å². The Labute approximate surface area is 93.5 Å². The maximum Gasteiger partial charge on any atom is 0.213 e. The molecule has 0 radical (unpaired) electrons. The maximum absolute atomic E-state index is 8.65. The third kappa shape index (κ3) is 2.23. The predicted molar refractivity (Wildman–Crippen MR) is 53.5 cm³/mol. The van der Waals surface area contributed by atoms with Gasteiger partial charge in [-0.3, -0.25) is 0 Å². The van der Waals surface area contributed by atoms with Crippen molar-refractivity contribution < 1.29 is 4.52 Å². The SMILES string of the molecule is N#Cc1sc(NCc2ncon2)nc1Cl. The van der Waals surface area contributed by atoms with E-state index in [0.717, 1.165) is 0 Å². The van der Waals surface area contributed by atoms with Crippen LogP contribution in [0, 0.1) is 11.3 Å². The molecule has 0 spiro atoms. The molecule has 2 heterocycles. The van der Waals surface area contributed by atoms with Gasteiger partial charge in [0.15, 0.2) is 16.1 Å². The van der Waals surface area contributed by atoms with E-state index in [1.165, 1.54) is 17.7 Å². The van der Waals surface area contributed by atoms with Crippen LogP contribution in [0.3, 0.4) is 0 Å². The summed E-state index contributed by atoms with van der Waals surface area (Å²) in [6, 6.07) is 1.94. The van der Waals surface area contributed by atoms with Crippen LogP contribution in [0.1, 0.15) is 10.7 Å². The standard InChI is InChI=1S/C7H4ClN5OS/c8-6-4(1-9)15-7(12-6)10-2-5-11-3-14-13-5/h3H,2H2,(H,10,12). The number of hydrogen-bond acceptors (Lipinski definition) is 7. The molecule has 0 amide bonds. The van der Waals surface area contributed by atoms with Gasteiger partial charge in [0.05, 0.1) is 6.54 Å². The molecule has 1 N–H and O–H groups in total. The van der Waals surface area contributed by atoms with Crippen LogP contribution in [-0.4, -0.2) is 15.1 Å². The molecule has 0 aromatic carbocycles. The summed E-state index contributed by atoms with van der Waals surface area (Å²) < 4.78 is 4.56. The molecule has 0 aliphatic rings. The van der Waals surface area contributed by atoms with Crippen LogP contribution in [0.25, 0.3) is 0 Å². The van der Waals surface area contributed by atoms with Crippen LogP contribution < -0.4 is 5.32 Å². The number of halogens is 1. The number of anilines is 1. The average molecular weight is 242 g/mol. The van der Waals surface area contributed by atoms with E-state index in [2.05, 4.69) is 25.0 Å². The van der Waals surface area contributed by atoms with Crippen molar-refractivity contribution in [3.63, 3.8) is 0 Å². The van der Waals surface area contributed by atoms with Crippen molar-refractivity contribution in [3.05, 3.63) is 22.2 Å². The monoisotopic (exact) mass is 241 g/mol. The lowest BCUT2D eigenvalue weighted by Crippen LogP contribution is -2.00. The van der Waals surface area contributed by atoms with E-state index in [-0.39, 0.29) is 5.15 Å². The molecular formula is C7H4ClN5OS. The van der Waals surface area contributed by atoms with Crippen LogP contribution in [0.15, 0.2) is 10.9 Å². The first-order valence-corrected chi connectivity index (χ1v) is 5.04. The number of thiazole rings is 1. The van der Waals surface area contributed by atoms with E-state index in [9.17, 15) is 0 Å². The number of aromatic nitrogens is 3. The molecule has 0 bridgehead atoms. The number of nitriles is 1. The first-order valence-electron chi connectivity index (χ1n) is 3.85. The van der Waals surface area contributed by atoms with E-state index in [1.807, 2.05) is 6.07 Å². The fraction of sp³-hybridized carbons (Fsp3) is 0.143. The van der Waals surface area contributed by atoms with Crippen molar-refractivity contribution in [1.82, 2.24) is 15.1 Å². The summed E-state index contributed by atoms with van der Waals surface area (Å²) in [7, 11) is 0. The second kappa shape index (κ2) is 4.25. The van der Waals surface area contributed by atoms with Crippen LogP contribution in [0.2, 0.25) is 5.15 Å². The van der Waals surface area contributed by atoms with E-state index in [4.69, 9.17) is 16.9 Å². The molecule has 0 saturated carbocycles. The summed E-state index contributed by atoms with van der Waals surface area (Å²) in [4.78, 5) is 8.15. The summed E-state index contributed by atoms with van der Waals surface area (Å²) >= 11 is 6.87. The van der Waals surface area contributed by atoms with Crippen molar-refractivity contribution in [2.45, 2.75) is 6.54 Å². The summed E-state index contributed by atoms with van der Waals surface area (Å²) in [5.41, 5.74) is 0. The van der Waals surface area contributed by atoms with Crippen LogP contribution in [-0.2, 0) is 6.54 Å². The smallest absolute Gasteiger partial charge is 0.213 e. The Morgan fingerprint density at radius 3 is 3.13 bits per heavy atom. The molecule has 2 aromatic rings. The van der Waals surface area contributed by atoms with Gasteiger partial charge in [0, 0.05) is 0 Å². The van der Waals surface area contributed by atoms with Crippen molar-refractivity contribution >= 4 is 28.1 Å². The Morgan fingerprint density at radius 1 is 1.67 bits per heavy atom. The predicted octanol–water partition coefficient (Wildman–Crippen LogP) is 1.66. The minimum absolute atomic E-state index is 0.207. The summed E-state index contributed by atoms with van der Waals surface area (Å²) in [6.45, 7) is 0.380. The normalized spacial score (nSPS) is 9.87. The molecule has 0 unspecified atom stereocenters. The van der Waals surface area contributed by atoms with Crippen molar-refractivity contribution in [2.24, 2.45) is 0 Å². The first kappa shape index (κ1) is 9.89. The van der Waals surface area contributed by atoms with Gasteiger partial charge in [0.2, 0.25) is 6.39 Å². The number of nitrogens with one attached hydrogen (secondary N) is 1. The van der Waals surface area contributed by atoms with Gasteiger partial charge >= 0.3 is 0 Å². The highest BCUT2D eigenvalue weighted by molar-refractivity contribution is 7.16. The highest BCUT2D eigenvalue weighted by Gasteiger charge is 2.08. The molecule has 0 aliphatic carbocycles. The molecule has 2 aromatic heterocycles. The molecule has 0 saturated heterocycles. The van der Waals surface area contributed by atoms with Crippen molar-refractivity contribution in [1.29, 1.82) is 5.26 Å². The third-order valence-corrected chi connectivity index (χ3v) is 2.80. The minimum Gasteiger partial charge on any atom is -0.354 e. The lowest BCUT2D eigenvalue weighted by molar-refractivity contribution is 0.411. The molecule has 76 valence electrons. The fourth-order valence-electron chi connectivity index (χ4n) is 0.871. The minimum atomic E-state index is 0.207. The Kier molecular flexibility index (Phi) is 2.80. The molecular weight excluding hydrogens is 238 g/mol. The van der Waals surface area contributed by atoms with Gasteiger partial charge in [0.25, 0.3) is 0 Å². The molecule has 0 aliphatic heterocycles. The van der Waals surface area contributed by atoms with Gasteiger partial charge in [0.1, 0.15) is 10.9 Å². The van der Waals surface area contributed by atoms with Gasteiger partial charge < -0.3 is 9.84 Å². The quantitative estimate of drug-likeness (QED) is 0.879. The molecule has 2 rings (SSSR count). The zero-order valence-corrected chi connectivity index (χ0v) is 8.84. The molecule has 8 heteroatoms. The molecule has 0 fully saturated rings. The van der Waals surface area contributed by atoms with E-state index >= 15 is 0 Å². The highest BCUT2D eigenvalue weighted by Crippen LogP contribution is 2.25. The van der Waals surface area contributed by atoms with Gasteiger partial charge in [-0.05, 0) is 0 Å². The Morgan fingerprint density at radius 2 is 2.53 bits per heavy atom. The Bertz CT molecular complexity index is 488. The van der Waals surface area contributed by atoms with Crippen LogP contribution in [0.4, 0.5) is 5.13 Å². The summed E-state index contributed by atoms with van der Waals surface area (Å²) in [5.74, 6) is 0.514. The van der Waals surface area contributed by atoms with Gasteiger partial charge in [-0.15, -0.1) is 0 Å². The summed E-state index contributed by atoms with van der Waals surface area (Å²) in [5, 5.41) is 16.0. The van der Waals surface area contributed by atoms with Crippen LogP contribution in [0.5, 0.6) is 0 Å². The van der Waals surface area contributed by atoms with Crippen molar-refractivity contribution in [2.75, 3.05) is 5.32 Å². The highest BCUT2D eigenvalue weighted by atomic mass is 35.5. The zero-order valence-electron chi connectivity index (χ0n) is 7.27. The molecule has 0 atom stereocenters. The number of rotatable bonds is 3. The topological polar surface area (TPSA) is 87.6 Å². The van der Waals surface area contributed by atoms with Crippen LogP contribution >= 0.6 is 22.9 Å². The van der Waals surface area contributed by atoms with E-state index in [1.54, 1.807) is 0 Å². The molecule has 15 heavy (non-hydrogen) atoms. The Balaban J connectivity index is 2.03. The largest absolute Gasteiger partial charge is 0.354 e. The number of hydrogen-bond donors (Lipinski definition) is 1. The summed E-state index contributed by atoms with van der Waals surface area (Å²) in [6.07, 6.45) is 1.24. The van der Waals surface area contributed by atoms with Gasteiger partial charge in [-0.25, -0.2) is 4.98 Å². The lowest BCUT2D eigenvalue weighted by atomic mass is 10.6. The Hall–Kier alpha value is -1.65. The average Bonchev–Trinajstić information content (AvgIpc) is 2.83. The second-order valence-electron chi connectivity index (χ2n) is 2.45. The number of nitrogens with zero attached hydrogens (tertiary/aromatic N) is 4. The second-order valence-corrected chi connectivity index (χ2v) is 3.81. The van der Waals surface area contributed by atoms with E-state index in [0.29, 0.717) is 22.4 Å². The maximum atomic E-state index is 8.65. The zero-order chi connectivity index (χ0) is 10.7. The lowest BCUT2D eigenvalue weighted by Gasteiger charge is -1.95. The third-order valence-electron chi connectivity index (χ3n) is 1.49. The molecule has 6 nitrogen and oxygen atoms in total. The van der Waals surface area contributed by atoms with Gasteiger partial charge in [-0.1, -0.05) is 28.1 Å². The van der Waals surface area contributed by atoms with E-state index < -0.39 is 0 Å². The first-order chi connectivity index (χ1) is 7.29. The fourth-order valence-corrected chi connectivity index (χ4v) is 1.81. The van der Waals surface area contributed by atoms with Crippen molar-refractivity contribution in [3.8, 4) is 6.07 Å².